The van der Waals surface area contributed by atoms with Gasteiger partial charge in [-0.2, -0.15) is 0 Å². The number of ether oxygens (including phenoxy) is 3. The summed E-state index contributed by atoms with van der Waals surface area (Å²) in [6.45, 7) is 17.1. The fraction of sp³-hybridized carbons (Fsp3) is 0.650. The van der Waals surface area contributed by atoms with Crippen molar-refractivity contribution in [3.63, 3.8) is 0 Å². The van der Waals surface area contributed by atoms with Gasteiger partial charge in [0.2, 0.25) is 29.5 Å². The number of hydrogen-bond donors (Lipinski definition) is 8. The molecule has 10 N–H and O–H groups in total. The zero-order valence-corrected chi connectivity index (χ0v) is 35.9. The normalized spacial score (nSPS) is 14.2. The number of alkyl carbamates (subject to hydrolysis) is 1. The van der Waals surface area contributed by atoms with Crippen molar-refractivity contribution in [3.05, 3.63) is 29.8 Å². The number of esters is 1. The minimum atomic E-state index is -1.63. The predicted molar refractivity (Wildman–Crippen MR) is 217 cm³/mol. The predicted octanol–water partition coefficient (Wildman–Crippen LogP) is 1.47. The third-order valence-electron chi connectivity index (χ3n) is 7.86. The average Bonchev–Trinajstić information content (AvgIpc) is 3.07. The van der Waals surface area contributed by atoms with E-state index in [4.69, 9.17) is 30.8 Å². The maximum absolute atomic E-state index is 14.1. The Morgan fingerprint density at radius 2 is 1.20 bits per heavy atom. The Balaban J connectivity index is 3.50. The first-order chi connectivity index (χ1) is 27.0. The first kappa shape index (κ1) is 51.6. The molecule has 6 amide bonds. The molecule has 1 aromatic carbocycles. The molecule has 0 saturated carbocycles. The van der Waals surface area contributed by atoms with Crippen LogP contribution in [0.4, 0.5) is 4.79 Å². The molecule has 19 heteroatoms. The number of nitrogens with two attached hydrogens (primary N) is 2. The standard InChI is InChI=1S/C40H65N7O12/c1-23(32(42)51)44-34(53)27(13-11-12-20-43-37(56)59-40(8,9)10)45-35(54)28(21-24-14-16-25(17-15-24)57-38(2,3)4)47-36(55)29(22-31(50)58-39(5,6)7)46-33(52)26(41)18-19-30(48)49/h14-17,23,26-29H,11-13,18-22,41H2,1-10H3,(H2,42,51)(H,43,56)(H,44,53)(H,45,54)(H,46,52)(H,47,55)(H,48,49)/t23-,26-,27-,28-,29-/m0/s1. The van der Waals surface area contributed by atoms with Crippen molar-refractivity contribution < 1.29 is 57.7 Å². The van der Waals surface area contributed by atoms with Gasteiger partial charge < -0.3 is 57.4 Å². The number of rotatable bonds is 22. The fourth-order valence-corrected chi connectivity index (χ4v) is 5.12. The number of benzene rings is 1. The van der Waals surface area contributed by atoms with Crippen LogP contribution in [0.3, 0.4) is 0 Å². The molecule has 19 nitrogen and oxygen atoms in total. The number of carbonyl (C=O) groups is 8. The maximum atomic E-state index is 14.1. The molecule has 1 aromatic rings. The zero-order chi connectivity index (χ0) is 45.3. The van der Waals surface area contributed by atoms with Crippen molar-refractivity contribution in [3.8, 4) is 5.75 Å². The lowest BCUT2D eigenvalue weighted by Crippen LogP contribution is -2.59. The largest absolute Gasteiger partial charge is 0.488 e. The Hall–Kier alpha value is -5.46. The van der Waals surface area contributed by atoms with E-state index in [1.807, 2.05) is 20.8 Å². The Labute approximate surface area is 346 Å². The van der Waals surface area contributed by atoms with Crippen LogP contribution in [0.15, 0.2) is 24.3 Å². The van der Waals surface area contributed by atoms with Crippen LogP contribution in [0, 0.1) is 0 Å². The van der Waals surface area contributed by atoms with E-state index in [-0.39, 0.29) is 25.8 Å². The highest BCUT2D eigenvalue weighted by atomic mass is 16.6. The van der Waals surface area contributed by atoms with Gasteiger partial charge in [-0.3, -0.25) is 33.6 Å². The van der Waals surface area contributed by atoms with Crippen molar-refractivity contribution in [2.75, 3.05) is 6.54 Å². The molecule has 0 bridgehead atoms. The highest BCUT2D eigenvalue weighted by molar-refractivity contribution is 5.97. The average molecular weight is 836 g/mol. The van der Waals surface area contributed by atoms with E-state index in [9.17, 15) is 38.4 Å². The van der Waals surface area contributed by atoms with E-state index >= 15 is 0 Å². The van der Waals surface area contributed by atoms with Crippen LogP contribution in [-0.2, 0) is 49.5 Å². The third kappa shape index (κ3) is 22.9. The Bertz CT molecular complexity index is 1610. The van der Waals surface area contributed by atoms with Crippen LogP contribution >= 0.6 is 0 Å². The molecule has 0 aromatic heterocycles. The van der Waals surface area contributed by atoms with E-state index in [1.54, 1.807) is 65.8 Å². The molecule has 0 aliphatic carbocycles. The lowest BCUT2D eigenvalue weighted by atomic mass is 10.0. The second-order valence-electron chi connectivity index (χ2n) is 17.1. The molecule has 5 atom stereocenters. The first-order valence-electron chi connectivity index (χ1n) is 19.5. The molecule has 0 saturated heterocycles. The van der Waals surface area contributed by atoms with Gasteiger partial charge in [0.25, 0.3) is 0 Å². The van der Waals surface area contributed by atoms with Gasteiger partial charge in [-0.1, -0.05) is 12.1 Å². The maximum Gasteiger partial charge on any atom is 0.407 e. The van der Waals surface area contributed by atoms with E-state index in [0.29, 0.717) is 24.2 Å². The smallest absolute Gasteiger partial charge is 0.407 e. The molecule has 0 aliphatic rings. The summed E-state index contributed by atoms with van der Waals surface area (Å²) in [5.41, 5.74) is 9.63. The Morgan fingerprint density at radius 3 is 1.73 bits per heavy atom. The number of hydrogen-bond acceptors (Lipinski definition) is 12. The molecule has 332 valence electrons. The number of carbonyl (C=O) groups excluding carboxylic acids is 7. The summed E-state index contributed by atoms with van der Waals surface area (Å²) in [6.07, 6.45) is -1.46. The van der Waals surface area contributed by atoms with Gasteiger partial charge in [0.15, 0.2) is 0 Å². The van der Waals surface area contributed by atoms with Crippen molar-refractivity contribution >= 4 is 47.6 Å². The van der Waals surface area contributed by atoms with Crippen molar-refractivity contribution in [1.82, 2.24) is 26.6 Å². The number of amides is 6. The summed E-state index contributed by atoms with van der Waals surface area (Å²) in [5.74, 6) is -5.85. The topological polar surface area (TPSA) is 297 Å². The molecule has 0 aliphatic heterocycles. The summed E-state index contributed by atoms with van der Waals surface area (Å²) >= 11 is 0. The summed E-state index contributed by atoms with van der Waals surface area (Å²) in [4.78, 5) is 102. The number of primary amides is 1. The van der Waals surface area contributed by atoms with Crippen molar-refractivity contribution in [1.29, 1.82) is 0 Å². The lowest BCUT2D eigenvalue weighted by molar-refractivity contribution is -0.156. The van der Waals surface area contributed by atoms with Crippen LogP contribution in [0.2, 0.25) is 0 Å². The third-order valence-corrected chi connectivity index (χ3v) is 7.86. The molecule has 59 heavy (non-hydrogen) atoms. The molecular weight excluding hydrogens is 770 g/mol. The minimum absolute atomic E-state index is 0.0319. The van der Waals surface area contributed by atoms with Gasteiger partial charge in [0.1, 0.15) is 46.7 Å². The van der Waals surface area contributed by atoms with Gasteiger partial charge in [0, 0.05) is 19.4 Å². The van der Waals surface area contributed by atoms with Gasteiger partial charge in [-0.25, -0.2) is 4.79 Å². The lowest BCUT2D eigenvalue weighted by Gasteiger charge is -2.27. The molecule has 0 fully saturated rings. The molecule has 0 spiro atoms. The first-order valence-corrected chi connectivity index (χ1v) is 19.5. The van der Waals surface area contributed by atoms with Crippen LogP contribution < -0.4 is 42.8 Å². The summed E-state index contributed by atoms with van der Waals surface area (Å²) in [7, 11) is 0. The molecule has 1 rings (SSSR count). The van der Waals surface area contributed by atoms with E-state index in [0.717, 1.165) is 0 Å². The molecule has 0 heterocycles. The van der Waals surface area contributed by atoms with Gasteiger partial charge >= 0.3 is 18.0 Å². The number of carboxylic acid groups (broad SMARTS) is 1. The van der Waals surface area contributed by atoms with Crippen LogP contribution in [0.5, 0.6) is 5.75 Å². The minimum Gasteiger partial charge on any atom is -0.488 e. The van der Waals surface area contributed by atoms with E-state index < -0.39 is 107 Å². The number of carboxylic acids is 1. The number of unbranched alkanes of at least 4 members (excludes halogenated alkanes) is 1. The van der Waals surface area contributed by atoms with E-state index in [1.165, 1.54) is 6.92 Å². The van der Waals surface area contributed by atoms with Gasteiger partial charge in [-0.05, 0) is 113 Å². The van der Waals surface area contributed by atoms with Crippen LogP contribution in [0.1, 0.15) is 113 Å². The second-order valence-corrected chi connectivity index (χ2v) is 17.1. The van der Waals surface area contributed by atoms with Gasteiger partial charge in [0.05, 0.1) is 12.5 Å². The Morgan fingerprint density at radius 1 is 0.678 bits per heavy atom. The van der Waals surface area contributed by atoms with Crippen molar-refractivity contribution in [2.45, 2.75) is 161 Å². The quantitative estimate of drug-likeness (QED) is 0.0607. The number of nitrogens with one attached hydrogen (secondary N) is 5. The SMILES string of the molecule is C[C@H](NC(=O)[C@H](CCCCNC(=O)OC(C)(C)C)NC(=O)[C@H](Cc1ccc(OC(C)(C)C)cc1)NC(=O)[C@H](CC(=O)OC(C)(C)C)NC(=O)[C@@H](N)CCC(=O)O)C(N)=O. The second kappa shape index (κ2) is 23.2. The van der Waals surface area contributed by atoms with Crippen LogP contribution in [-0.4, -0.2) is 106 Å². The number of aliphatic carboxylic acids is 1. The molecule has 0 radical (unpaired) electrons. The zero-order valence-electron chi connectivity index (χ0n) is 35.9. The van der Waals surface area contributed by atoms with Crippen LogP contribution in [0.25, 0.3) is 0 Å². The molecular formula is C40H65N7O12. The fourth-order valence-electron chi connectivity index (χ4n) is 5.12. The summed E-state index contributed by atoms with van der Waals surface area (Å²) in [6, 6.07) is -0.0582. The summed E-state index contributed by atoms with van der Waals surface area (Å²) in [5, 5.41) is 21.7. The summed E-state index contributed by atoms with van der Waals surface area (Å²) < 4.78 is 16.5. The highest BCUT2D eigenvalue weighted by Gasteiger charge is 2.33. The van der Waals surface area contributed by atoms with Gasteiger partial charge in [-0.15, -0.1) is 0 Å². The monoisotopic (exact) mass is 835 g/mol. The van der Waals surface area contributed by atoms with E-state index in [2.05, 4.69) is 26.6 Å². The highest BCUT2D eigenvalue weighted by Crippen LogP contribution is 2.20. The van der Waals surface area contributed by atoms with Crippen molar-refractivity contribution in [2.24, 2.45) is 11.5 Å². The molecule has 0 unspecified atom stereocenters. The Kier molecular flexibility index (Phi) is 20.3.